The van der Waals surface area contributed by atoms with Crippen LogP contribution in [0.15, 0.2) is 0 Å². The van der Waals surface area contributed by atoms with E-state index in [0.29, 0.717) is 18.6 Å². The summed E-state index contributed by atoms with van der Waals surface area (Å²) in [5.41, 5.74) is 0. The van der Waals surface area contributed by atoms with Gasteiger partial charge >= 0.3 is 0 Å². The topological polar surface area (TPSA) is 34.1 Å². The molecule has 1 saturated heterocycles. The van der Waals surface area contributed by atoms with E-state index in [1.165, 1.54) is 0 Å². The number of rotatable bonds is 3. The normalized spacial score (nSPS) is 34.5. The number of thioether (sulfide) groups is 1. The van der Waals surface area contributed by atoms with Crippen LogP contribution in [-0.2, 0) is 15.6 Å². The minimum atomic E-state index is -0.953. The van der Waals surface area contributed by atoms with E-state index in [-0.39, 0.29) is 5.78 Å². The van der Waals surface area contributed by atoms with E-state index >= 15 is 0 Å². The van der Waals surface area contributed by atoms with Gasteiger partial charge in [0, 0.05) is 23.0 Å². The standard InChI is InChI=1S/C9H16O2S2/c1-3-8(10)9(4-2)12-6-5-7-13(9)11/h3-7H2,1-2H3. The van der Waals surface area contributed by atoms with Crippen molar-refractivity contribution in [2.45, 2.75) is 37.2 Å². The van der Waals surface area contributed by atoms with Crippen LogP contribution >= 0.6 is 11.8 Å². The molecule has 2 unspecified atom stereocenters. The summed E-state index contributed by atoms with van der Waals surface area (Å²) in [6.45, 7) is 3.82. The molecule has 0 spiro atoms. The zero-order chi connectivity index (χ0) is 9.90. The Morgan fingerprint density at radius 2 is 2.23 bits per heavy atom. The van der Waals surface area contributed by atoms with Gasteiger partial charge in [0.1, 0.15) is 4.08 Å². The summed E-state index contributed by atoms with van der Waals surface area (Å²) in [5.74, 6) is 1.84. The molecule has 1 rings (SSSR count). The van der Waals surface area contributed by atoms with Crippen LogP contribution in [0.5, 0.6) is 0 Å². The fourth-order valence-electron chi connectivity index (χ4n) is 1.59. The van der Waals surface area contributed by atoms with E-state index < -0.39 is 14.9 Å². The fourth-order valence-corrected chi connectivity index (χ4v) is 5.39. The Labute approximate surface area is 86.3 Å². The Hall–Kier alpha value is 0.170. The Morgan fingerprint density at radius 3 is 2.69 bits per heavy atom. The van der Waals surface area contributed by atoms with Gasteiger partial charge < -0.3 is 0 Å². The number of hydrogen-bond donors (Lipinski definition) is 0. The minimum absolute atomic E-state index is 0.165. The van der Waals surface area contributed by atoms with Gasteiger partial charge in [-0.25, -0.2) is 0 Å². The highest BCUT2D eigenvalue weighted by atomic mass is 32.2. The molecule has 4 heteroatoms. The molecule has 1 aliphatic rings. The van der Waals surface area contributed by atoms with E-state index in [4.69, 9.17) is 0 Å². The third-order valence-electron chi connectivity index (χ3n) is 2.39. The molecule has 1 fully saturated rings. The Balaban J connectivity index is 2.88. The SMILES string of the molecule is CCC(=O)C1(CC)SCCCS1=O. The molecular weight excluding hydrogens is 204 g/mol. The van der Waals surface area contributed by atoms with Crippen molar-refractivity contribution in [3.05, 3.63) is 0 Å². The van der Waals surface area contributed by atoms with Crippen molar-refractivity contribution in [3.8, 4) is 0 Å². The van der Waals surface area contributed by atoms with Gasteiger partial charge in [0.05, 0.1) is 0 Å². The second kappa shape index (κ2) is 4.60. The number of carbonyl (C=O) groups excluding carboxylic acids is 1. The summed E-state index contributed by atoms with van der Waals surface area (Å²) in [6.07, 6.45) is 2.19. The van der Waals surface area contributed by atoms with Gasteiger partial charge in [-0.05, 0) is 18.6 Å². The average molecular weight is 220 g/mol. The van der Waals surface area contributed by atoms with Crippen LogP contribution in [0, 0.1) is 0 Å². The lowest BCUT2D eigenvalue weighted by molar-refractivity contribution is -0.119. The Kier molecular flexibility index (Phi) is 3.98. The van der Waals surface area contributed by atoms with E-state index in [1.54, 1.807) is 11.8 Å². The minimum Gasteiger partial charge on any atom is -0.297 e. The zero-order valence-electron chi connectivity index (χ0n) is 8.17. The van der Waals surface area contributed by atoms with Gasteiger partial charge in [-0.1, -0.05) is 13.8 Å². The largest absolute Gasteiger partial charge is 0.297 e. The maximum absolute atomic E-state index is 11.8. The van der Waals surface area contributed by atoms with Gasteiger partial charge in [0.15, 0.2) is 5.78 Å². The van der Waals surface area contributed by atoms with E-state index in [0.717, 1.165) is 12.2 Å². The van der Waals surface area contributed by atoms with Gasteiger partial charge in [-0.15, -0.1) is 11.8 Å². The van der Waals surface area contributed by atoms with Crippen molar-refractivity contribution in [3.63, 3.8) is 0 Å². The summed E-state index contributed by atoms with van der Waals surface area (Å²) >= 11 is 1.60. The van der Waals surface area contributed by atoms with Crippen LogP contribution < -0.4 is 0 Å². The van der Waals surface area contributed by atoms with Crippen LogP contribution in [0.1, 0.15) is 33.1 Å². The summed E-state index contributed by atoms with van der Waals surface area (Å²) < 4.78 is 11.3. The smallest absolute Gasteiger partial charge is 0.161 e. The summed E-state index contributed by atoms with van der Waals surface area (Å²) in [6, 6.07) is 0. The predicted octanol–water partition coefficient (Wildman–Crippen LogP) is 1.96. The Bertz CT molecular complexity index is 218. The van der Waals surface area contributed by atoms with E-state index in [1.807, 2.05) is 13.8 Å². The van der Waals surface area contributed by atoms with Crippen molar-refractivity contribution in [2.24, 2.45) is 0 Å². The predicted molar refractivity (Wildman–Crippen MR) is 58.4 cm³/mol. The van der Waals surface area contributed by atoms with Crippen molar-refractivity contribution in [1.29, 1.82) is 0 Å². The molecule has 0 saturated carbocycles. The lowest BCUT2D eigenvalue weighted by Gasteiger charge is -2.32. The van der Waals surface area contributed by atoms with Crippen molar-refractivity contribution >= 4 is 28.3 Å². The maximum atomic E-state index is 11.8. The first kappa shape index (κ1) is 11.2. The molecule has 2 atom stereocenters. The third-order valence-corrected chi connectivity index (χ3v) is 6.69. The van der Waals surface area contributed by atoms with Crippen molar-refractivity contribution in [2.75, 3.05) is 11.5 Å². The molecule has 0 aliphatic carbocycles. The van der Waals surface area contributed by atoms with Gasteiger partial charge in [0.2, 0.25) is 0 Å². The lowest BCUT2D eigenvalue weighted by atomic mass is 10.2. The van der Waals surface area contributed by atoms with Crippen LogP contribution in [0.4, 0.5) is 0 Å². The fraction of sp³-hybridized carbons (Fsp3) is 0.889. The molecule has 2 nitrogen and oxygen atoms in total. The molecule has 0 aromatic carbocycles. The molecule has 1 heterocycles. The highest BCUT2D eigenvalue weighted by molar-refractivity contribution is 8.14. The van der Waals surface area contributed by atoms with Crippen molar-refractivity contribution < 1.29 is 9.00 Å². The van der Waals surface area contributed by atoms with Crippen LogP contribution in [0.25, 0.3) is 0 Å². The molecule has 0 N–H and O–H groups in total. The first-order chi connectivity index (χ1) is 6.17. The molecular formula is C9H16O2S2. The van der Waals surface area contributed by atoms with Crippen LogP contribution in [0.3, 0.4) is 0 Å². The monoisotopic (exact) mass is 220 g/mol. The van der Waals surface area contributed by atoms with Crippen molar-refractivity contribution in [1.82, 2.24) is 0 Å². The second-order valence-electron chi connectivity index (χ2n) is 3.13. The first-order valence-corrected chi connectivity index (χ1v) is 7.03. The Morgan fingerprint density at radius 1 is 1.54 bits per heavy atom. The molecule has 0 aromatic rings. The van der Waals surface area contributed by atoms with Gasteiger partial charge in [0.25, 0.3) is 0 Å². The van der Waals surface area contributed by atoms with Gasteiger partial charge in [-0.3, -0.25) is 9.00 Å². The molecule has 0 amide bonds. The molecule has 76 valence electrons. The number of hydrogen-bond acceptors (Lipinski definition) is 3. The maximum Gasteiger partial charge on any atom is 0.161 e. The number of carbonyl (C=O) groups is 1. The number of Topliss-reactive ketones (excluding diaryl/α,β-unsaturated/α-hetero) is 1. The average Bonchev–Trinajstić information content (AvgIpc) is 2.18. The molecule has 0 bridgehead atoms. The van der Waals surface area contributed by atoms with E-state index in [2.05, 4.69) is 0 Å². The quantitative estimate of drug-likeness (QED) is 0.729. The third kappa shape index (κ3) is 1.99. The van der Waals surface area contributed by atoms with Gasteiger partial charge in [-0.2, -0.15) is 0 Å². The zero-order valence-corrected chi connectivity index (χ0v) is 9.80. The lowest BCUT2D eigenvalue weighted by Crippen LogP contribution is -2.43. The summed E-state index contributed by atoms with van der Waals surface area (Å²) in [5, 5.41) is 0. The van der Waals surface area contributed by atoms with Crippen LogP contribution in [0.2, 0.25) is 0 Å². The molecule has 0 aromatic heterocycles. The molecule has 0 radical (unpaired) electrons. The van der Waals surface area contributed by atoms with E-state index in [9.17, 15) is 9.00 Å². The highest BCUT2D eigenvalue weighted by Gasteiger charge is 2.43. The second-order valence-corrected chi connectivity index (χ2v) is 6.58. The first-order valence-electron chi connectivity index (χ1n) is 4.73. The van der Waals surface area contributed by atoms with Crippen LogP contribution in [-0.4, -0.2) is 25.6 Å². The summed E-state index contributed by atoms with van der Waals surface area (Å²) in [7, 11) is -0.953. The summed E-state index contributed by atoms with van der Waals surface area (Å²) in [4.78, 5) is 11.7. The number of ketones is 1. The molecule has 1 aliphatic heterocycles. The molecule has 13 heavy (non-hydrogen) atoms. The highest BCUT2D eigenvalue weighted by Crippen LogP contribution is 2.38.